The molecule has 0 aliphatic carbocycles. The number of H-pyrrole nitrogens is 1. The van der Waals surface area contributed by atoms with Gasteiger partial charge in [0.2, 0.25) is 0 Å². The summed E-state index contributed by atoms with van der Waals surface area (Å²) in [7, 11) is 0. The molecule has 3 nitrogen and oxygen atoms in total. The van der Waals surface area contributed by atoms with E-state index in [0.29, 0.717) is 0 Å². The molecule has 1 heterocycles. The van der Waals surface area contributed by atoms with Crippen molar-refractivity contribution >= 4 is 5.57 Å². The van der Waals surface area contributed by atoms with Gasteiger partial charge in [-0.3, -0.25) is 4.98 Å². The summed E-state index contributed by atoms with van der Waals surface area (Å²) in [5.74, 6) is -0.402. The molecule has 0 radical (unpaired) electrons. The van der Waals surface area contributed by atoms with E-state index in [4.69, 9.17) is 0 Å². The van der Waals surface area contributed by atoms with Crippen molar-refractivity contribution in [3.8, 4) is 0 Å². The van der Waals surface area contributed by atoms with Gasteiger partial charge in [-0.1, -0.05) is 5.57 Å². The van der Waals surface area contributed by atoms with Crippen molar-refractivity contribution < 1.29 is 4.42 Å². The number of aromatic nitrogens is 1. The second-order valence-corrected chi connectivity index (χ2v) is 2.69. The van der Waals surface area contributed by atoms with E-state index in [1.54, 1.807) is 0 Å². The fourth-order valence-corrected chi connectivity index (χ4v) is 0.733. The molecule has 1 aromatic heterocycles. The first kappa shape index (κ1) is 7.85. The normalized spacial score (nSPS) is 9.73. The van der Waals surface area contributed by atoms with Crippen molar-refractivity contribution in [3.05, 3.63) is 28.1 Å². The summed E-state index contributed by atoms with van der Waals surface area (Å²) in [5.41, 5.74) is 2.98. The van der Waals surface area contributed by atoms with E-state index in [1.807, 2.05) is 20.8 Å². The molecule has 1 aromatic rings. The molecule has 0 bridgehead atoms. The molecule has 0 amide bonds. The number of oxazole rings is 1. The van der Waals surface area contributed by atoms with Crippen LogP contribution < -0.4 is 5.76 Å². The van der Waals surface area contributed by atoms with Gasteiger partial charge in [0.25, 0.3) is 0 Å². The third-order valence-corrected chi connectivity index (χ3v) is 1.67. The first-order valence-electron chi connectivity index (χ1n) is 3.43. The van der Waals surface area contributed by atoms with Crippen LogP contribution in [0.4, 0.5) is 0 Å². The maximum Gasteiger partial charge on any atom is 0.416 e. The summed E-state index contributed by atoms with van der Waals surface area (Å²) in [6.45, 7) is 5.91. The molecule has 0 aliphatic heterocycles. The Bertz CT molecular complexity index is 326. The molecule has 3 heteroatoms. The molecule has 0 saturated carbocycles. The van der Waals surface area contributed by atoms with Gasteiger partial charge >= 0.3 is 5.76 Å². The average Bonchev–Trinajstić information content (AvgIpc) is 2.34. The average molecular weight is 153 g/mol. The molecular formula is C8H11NO2. The van der Waals surface area contributed by atoms with Gasteiger partial charge in [0.1, 0.15) is 6.26 Å². The molecule has 1 N–H and O–H groups in total. The summed E-state index contributed by atoms with van der Waals surface area (Å²) in [6, 6.07) is 0. The van der Waals surface area contributed by atoms with Crippen LogP contribution in [0.5, 0.6) is 0 Å². The lowest BCUT2D eigenvalue weighted by Gasteiger charge is -1.96. The van der Waals surface area contributed by atoms with E-state index in [2.05, 4.69) is 9.40 Å². The van der Waals surface area contributed by atoms with Crippen molar-refractivity contribution in [2.24, 2.45) is 0 Å². The van der Waals surface area contributed by atoms with Crippen LogP contribution in [0.15, 0.2) is 21.0 Å². The third-order valence-electron chi connectivity index (χ3n) is 1.67. The zero-order valence-corrected chi connectivity index (χ0v) is 6.89. The minimum Gasteiger partial charge on any atom is -0.416 e. The lowest BCUT2D eigenvalue weighted by molar-refractivity contribution is 0.515. The second-order valence-electron chi connectivity index (χ2n) is 2.69. The first-order valence-corrected chi connectivity index (χ1v) is 3.43. The van der Waals surface area contributed by atoms with Gasteiger partial charge < -0.3 is 4.42 Å². The molecule has 60 valence electrons. The Morgan fingerprint density at radius 2 is 2.09 bits per heavy atom. The Balaban J connectivity index is 3.13. The number of nitrogens with one attached hydrogen (secondary N) is 1. The lowest BCUT2D eigenvalue weighted by Crippen LogP contribution is -1.96. The smallest absolute Gasteiger partial charge is 0.416 e. The molecule has 0 aliphatic rings. The van der Waals surface area contributed by atoms with Gasteiger partial charge in [-0.05, 0) is 26.3 Å². The quantitative estimate of drug-likeness (QED) is 0.668. The number of aromatic amines is 1. The summed E-state index contributed by atoms with van der Waals surface area (Å²) < 4.78 is 4.59. The van der Waals surface area contributed by atoms with Crippen molar-refractivity contribution in [2.45, 2.75) is 20.8 Å². The highest BCUT2D eigenvalue weighted by molar-refractivity contribution is 5.61. The van der Waals surface area contributed by atoms with E-state index in [9.17, 15) is 4.79 Å². The van der Waals surface area contributed by atoms with Crippen LogP contribution in [-0.2, 0) is 0 Å². The highest BCUT2D eigenvalue weighted by atomic mass is 16.4. The minimum absolute atomic E-state index is 0.402. The highest BCUT2D eigenvalue weighted by Crippen LogP contribution is 2.13. The topological polar surface area (TPSA) is 46.0 Å². The molecular weight excluding hydrogens is 142 g/mol. The van der Waals surface area contributed by atoms with Gasteiger partial charge in [0.05, 0.1) is 5.69 Å². The summed E-state index contributed by atoms with van der Waals surface area (Å²) in [4.78, 5) is 13.1. The van der Waals surface area contributed by atoms with E-state index in [1.165, 1.54) is 11.8 Å². The molecule has 0 saturated heterocycles. The van der Waals surface area contributed by atoms with Crippen LogP contribution >= 0.6 is 0 Å². The molecule has 1 rings (SSSR count). The maximum atomic E-state index is 10.6. The van der Waals surface area contributed by atoms with Crippen LogP contribution in [0.2, 0.25) is 0 Å². The van der Waals surface area contributed by atoms with Crippen molar-refractivity contribution in [1.29, 1.82) is 0 Å². The second kappa shape index (κ2) is 2.78. The summed E-state index contributed by atoms with van der Waals surface area (Å²) >= 11 is 0. The fraction of sp³-hybridized carbons (Fsp3) is 0.375. The molecule has 0 spiro atoms. The van der Waals surface area contributed by atoms with Gasteiger partial charge in [-0.25, -0.2) is 4.79 Å². The van der Waals surface area contributed by atoms with Crippen LogP contribution in [0.25, 0.3) is 5.57 Å². The predicted octanol–water partition coefficient (Wildman–Crippen LogP) is 1.78. The van der Waals surface area contributed by atoms with E-state index in [-0.39, 0.29) is 0 Å². The summed E-state index contributed by atoms with van der Waals surface area (Å²) in [5, 5.41) is 0. The Morgan fingerprint density at radius 3 is 2.45 bits per heavy atom. The number of hydrogen-bond donors (Lipinski definition) is 1. The largest absolute Gasteiger partial charge is 0.416 e. The highest BCUT2D eigenvalue weighted by Gasteiger charge is 2.00. The van der Waals surface area contributed by atoms with E-state index in [0.717, 1.165) is 11.3 Å². The molecule has 0 unspecified atom stereocenters. The zero-order valence-electron chi connectivity index (χ0n) is 6.89. The van der Waals surface area contributed by atoms with Crippen LogP contribution in [0.1, 0.15) is 26.5 Å². The van der Waals surface area contributed by atoms with Crippen molar-refractivity contribution in [3.63, 3.8) is 0 Å². The van der Waals surface area contributed by atoms with Crippen LogP contribution in [-0.4, -0.2) is 4.98 Å². The Kier molecular flexibility index (Phi) is 1.98. The maximum absolute atomic E-state index is 10.6. The SMILES string of the molecule is CC(C)=C(C)c1coc(=O)[nH]1. The Labute approximate surface area is 64.7 Å². The van der Waals surface area contributed by atoms with Crippen LogP contribution in [0.3, 0.4) is 0 Å². The standard InChI is InChI=1S/C8H11NO2/c1-5(2)6(3)7-4-11-8(10)9-7/h4H,1-3H3,(H,9,10). The molecule has 0 fully saturated rings. The summed E-state index contributed by atoms with van der Waals surface area (Å²) in [6.07, 6.45) is 1.44. The third kappa shape index (κ3) is 1.61. The zero-order chi connectivity index (χ0) is 8.43. The molecule has 11 heavy (non-hydrogen) atoms. The molecule has 0 aromatic carbocycles. The van der Waals surface area contributed by atoms with Crippen molar-refractivity contribution in [1.82, 2.24) is 4.98 Å². The first-order chi connectivity index (χ1) is 5.11. The van der Waals surface area contributed by atoms with Gasteiger partial charge in [-0.15, -0.1) is 0 Å². The molecule has 0 atom stereocenters. The van der Waals surface area contributed by atoms with E-state index >= 15 is 0 Å². The lowest BCUT2D eigenvalue weighted by atomic mass is 10.1. The van der Waals surface area contributed by atoms with Gasteiger partial charge in [-0.2, -0.15) is 0 Å². The van der Waals surface area contributed by atoms with E-state index < -0.39 is 5.76 Å². The minimum atomic E-state index is -0.402. The van der Waals surface area contributed by atoms with Crippen LogP contribution in [0, 0.1) is 0 Å². The number of hydrogen-bond acceptors (Lipinski definition) is 2. The monoisotopic (exact) mass is 153 g/mol. The van der Waals surface area contributed by atoms with Crippen molar-refractivity contribution in [2.75, 3.05) is 0 Å². The fourth-order valence-electron chi connectivity index (χ4n) is 0.733. The number of rotatable bonds is 1. The predicted molar refractivity (Wildman–Crippen MR) is 43.3 cm³/mol. The Morgan fingerprint density at radius 1 is 1.45 bits per heavy atom. The van der Waals surface area contributed by atoms with Gasteiger partial charge in [0.15, 0.2) is 0 Å². The Hall–Kier alpha value is -1.25. The number of allylic oxidation sites excluding steroid dienone is 2. The van der Waals surface area contributed by atoms with Gasteiger partial charge in [0, 0.05) is 0 Å².